The fraction of sp³-hybridized carbons (Fsp3) is 0.657. The summed E-state index contributed by atoms with van der Waals surface area (Å²) in [6.07, 6.45) is 6.47. The summed E-state index contributed by atoms with van der Waals surface area (Å²) in [5.74, 6) is -2.62. The molecule has 1 aromatic rings. The van der Waals surface area contributed by atoms with Crippen LogP contribution in [0.3, 0.4) is 0 Å². The van der Waals surface area contributed by atoms with Crippen LogP contribution in [0.1, 0.15) is 81.5 Å². The van der Waals surface area contributed by atoms with Crippen LogP contribution in [0.2, 0.25) is 0 Å². The van der Waals surface area contributed by atoms with Gasteiger partial charge in [0.05, 0.1) is 51.8 Å². The van der Waals surface area contributed by atoms with Gasteiger partial charge in [0, 0.05) is 25.9 Å². The van der Waals surface area contributed by atoms with Crippen molar-refractivity contribution in [3.63, 3.8) is 0 Å². The number of ether oxygens (including phenoxy) is 5. The molecule has 0 aliphatic heterocycles. The first-order chi connectivity index (χ1) is 24.6. The van der Waals surface area contributed by atoms with Gasteiger partial charge in [-0.1, -0.05) is 32.1 Å². The van der Waals surface area contributed by atoms with Crippen LogP contribution >= 0.6 is 0 Å². The molecule has 0 heterocycles. The van der Waals surface area contributed by atoms with E-state index >= 15 is 0 Å². The highest BCUT2D eigenvalue weighted by atomic mass is 16.5. The van der Waals surface area contributed by atoms with Crippen LogP contribution in [0, 0.1) is 0 Å². The first-order valence-electron chi connectivity index (χ1n) is 17.4. The van der Waals surface area contributed by atoms with Crippen molar-refractivity contribution in [3.05, 3.63) is 29.8 Å². The van der Waals surface area contributed by atoms with Crippen molar-refractivity contribution in [2.75, 3.05) is 72.6 Å². The lowest BCUT2D eigenvalue weighted by atomic mass is 10.1. The van der Waals surface area contributed by atoms with Crippen molar-refractivity contribution < 1.29 is 62.7 Å². The minimum absolute atomic E-state index is 0.0390. The van der Waals surface area contributed by atoms with Gasteiger partial charge in [0.2, 0.25) is 17.7 Å². The van der Waals surface area contributed by atoms with Crippen molar-refractivity contribution in [3.8, 4) is 5.75 Å². The number of ketones is 1. The highest BCUT2D eigenvalue weighted by Crippen LogP contribution is 2.14. The zero-order valence-corrected chi connectivity index (χ0v) is 29.6. The molecule has 0 aliphatic carbocycles. The van der Waals surface area contributed by atoms with Crippen LogP contribution in [-0.2, 0) is 42.9 Å². The molecule has 51 heavy (non-hydrogen) atoms. The predicted octanol–water partition coefficient (Wildman–Crippen LogP) is 2.12. The Balaban J connectivity index is 1.97. The second-order valence-corrected chi connectivity index (χ2v) is 11.6. The predicted molar refractivity (Wildman–Crippen MR) is 185 cm³/mol. The Bertz CT molecular complexity index is 1160. The monoisotopic (exact) mass is 725 g/mol. The number of carbonyl (C=O) groups is 6. The molecule has 3 amide bonds. The van der Waals surface area contributed by atoms with Crippen LogP contribution in [-0.4, -0.2) is 124 Å². The van der Waals surface area contributed by atoms with E-state index in [4.69, 9.17) is 28.8 Å². The number of hydrogen-bond acceptors (Lipinski definition) is 11. The molecule has 16 heteroatoms. The van der Waals surface area contributed by atoms with Crippen LogP contribution < -0.4 is 20.7 Å². The van der Waals surface area contributed by atoms with Crippen LogP contribution in [0.15, 0.2) is 24.3 Å². The molecular formula is C35H55N3O13. The molecule has 1 aromatic carbocycles. The standard InChI is InChI=1S/C35H55N3O13/c1-27(39)25-49-23-21-48-20-17-37-33(42)26-50-24-22-47-19-16-36-31(40)15-14-30(35(45)46)38-32(41)9-7-5-3-2-4-6-8-18-51-29-12-10-28(11-13-29)34(43)44/h10-13,30H,2-9,14-26H2,1H3,(H,36,40)(H,37,42)(H,38,41)(H,43,44)(H,45,46)/t30-/m0/s1. The number of rotatable bonds is 33. The smallest absolute Gasteiger partial charge is 0.335 e. The van der Waals surface area contributed by atoms with Gasteiger partial charge in [0.1, 0.15) is 25.0 Å². The zero-order valence-electron chi connectivity index (χ0n) is 29.6. The highest BCUT2D eigenvalue weighted by Gasteiger charge is 2.20. The average molecular weight is 726 g/mol. The molecule has 0 saturated carbocycles. The number of carboxylic acids is 2. The molecule has 288 valence electrons. The van der Waals surface area contributed by atoms with E-state index in [0.29, 0.717) is 45.1 Å². The van der Waals surface area contributed by atoms with E-state index in [2.05, 4.69) is 16.0 Å². The number of Topliss-reactive ketones (excluding diaryl/α,β-unsaturated/α-hetero) is 1. The zero-order chi connectivity index (χ0) is 37.5. The van der Waals surface area contributed by atoms with E-state index in [-0.39, 0.29) is 87.9 Å². The number of aliphatic carboxylic acids is 1. The lowest BCUT2D eigenvalue weighted by molar-refractivity contribution is -0.142. The summed E-state index contributed by atoms with van der Waals surface area (Å²) in [4.78, 5) is 69.3. The van der Waals surface area contributed by atoms with Crippen LogP contribution in [0.25, 0.3) is 0 Å². The fourth-order valence-electron chi connectivity index (χ4n) is 4.44. The van der Waals surface area contributed by atoms with Gasteiger partial charge >= 0.3 is 11.9 Å². The topological polar surface area (TPSA) is 225 Å². The van der Waals surface area contributed by atoms with Crippen molar-refractivity contribution in [1.82, 2.24) is 16.0 Å². The minimum atomic E-state index is -1.20. The second-order valence-electron chi connectivity index (χ2n) is 11.6. The van der Waals surface area contributed by atoms with Crippen LogP contribution in [0.5, 0.6) is 5.75 Å². The van der Waals surface area contributed by atoms with E-state index in [1.54, 1.807) is 12.1 Å². The number of amides is 3. The summed E-state index contributed by atoms with van der Waals surface area (Å²) in [5, 5.41) is 26.2. The lowest BCUT2D eigenvalue weighted by Gasteiger charge is -2.14. The highest BCUT2D eigenvalue weighted by molar-refractivity contribution is 5.87. The lowest BCUT2D eigenvalue weighted by Crippen LogP contribution is -2.41. The molecule has 0 aliphatic rings. The normalized spacial score (nSPS) is 11.4. The van der Waals surface area contributed by atoms with Gasteiger partial charge in [-0.25, -0.2) is 9.59 Å². The molecule has 0 saturated heterocycles. The van der Waals surface area contributed by atoms with Crippen molar-refractivity contribution >= 4 is 35.4 Å². The SMILES string of the molecule is CC(=O)COCCOCCNC(=O)COCCOCCNC(=O)CC[C@H](NC(=O)CCCCCCCCCOc1ccc(C(=O)O)cc1)C(=O)O. The molecule has 0 aromatic heterocycles. The summed E-state index contributed by atoms with van der Waals surface area (Å²) >= 11 is 0. The summed E-state index contributed by atoms with van der Waals surface area (Å²) in [6.45, 7) is 3.93. The fourth-order valence-corrected chi connectivity index (χ4v) is 4.44. The number of carbonyl (C=O) groups excluding carboxylic acids is 4. The maximum atomic E-state index is 12.3. The minimum Gasteiger partial charge on any atom is -0.494 e. The Kier molecular flexibility index (Phi) is 26.1. The molecule has 1 rings (SSSR count). The van der Waals surface area contributed by atoms with Crippen LogP contribution in [0.4, 0.5) is 0 Å². The number of nitrogens with one attached hydrogen (secondary N) is 3. The molecule has 0 bridgehead atoms. The van der Waals surface area contributed by atoms with Crippen molar-refractivity contribution in [2.24, 2.45) is 0 Å². The van der Waals surface area contributed by atoms with Crippen molar-refractivity contribution in [2.45, 2.75) is 77.2 Å². The number of unbranched alkanes of at least 4 members (excludes halogenated alkanes) is 6. The third kappa shape index (κ3) is 26.4. The number of benzene rings is 1. The van der Waals surface area contributed by atoms with E-state index in [0.717, 1.165) is 38.5 Å². The largest absolute Gasteiger partial charge is 0.494 e. The maximum Gasteiger partial charge on any atom is 0.335 e. The van der Waals surface area contributed by atoms with Gasteiger partial charge in [-0.05, 0) is 50.5 Å². The van der Waals surface area contributed by atoms with Gasteiger partial charge in [-0.3, -0.25) is 19.2 Å². The van der Waals surface area contributed by atoms with Gasteiger partial charge in [-0.2, -0.15) is 0 Å². The number of hydrogen-bond donors (Lipinski definition) is 5. The molecule has 0 fully saturated rings. The Labute approximate surface area is 299 Å². The Morgan fingerprint density at radius 1 is 0.608 bits per heavy atom. The van der Waals surface area contributed by atoms with Gasteiger partial charge < -0.3 is 49.8 Å². The van der Waals surface area contributed by atoms with E-state index in [1.165, 1.54) is 19.1 Å². The van der Waals surface area contributed by atoms with E-state index < -0.39 is 18.0 Å². The number of aromatic carboxylic acids is 1. The summed E-state index contributed by atoms with van der Waals surface area (Å²) in [6, 6.07) is 5.15. The molecule has 5 N–H and O–H groups in total. The molecule has 0 spiro atoms. The Morgan fingerprint density at radius 3 is 1.75 bits per heavy atom. The van der Waals surface area contributed by atoms with Crippen molar-refractivity contribution in [1.29, 1.82) is 0 Å². The van der Waals surface area contributed by atoms with Gasteiger partial charge in [0.25, 0.3) is 0 Å². The molecule has 0 radical (unpaired) electrons. The third-order valence-electron chi connectivity index (χ3n) is 7.13. The average Bonchev–Trinajstić information content (AvgIpc) is 3.09. The summed E-state index contributed by atoms with van der Waals surface area (Å²) in [5.41, 5.74) is 0.217. The van der Waals surface area contributed by atoms with E-state index in [9.17, 15) is 33.9 Å². The number of carboxylic acid groups (broad SMARTS) is 2. The van der Waals surface area contributed by atoms with E-state index in [1.807, 2.05) is 0 Å². The molecule has 0 unspecified atom stereocenters. The first kappa shape index (κ1) is 44.9. The summed E-state index contributed by atoms with van der Waals surface area (Å²) < 4.78 is 26.5. The Hall–Kier alpha value is -4.12. The van der Waals surface area contributed by atoms with Gasteiger partial charge in [0.15, 0.2) is 5.78 Å². The Morgan fingerprint density at radius 2 is 1.16 bits per heavy atom. The maximum absolute atomic E-state index is 12.3. The molecule has 16 nitrogen and oxygen atoms in total. The molecule has 1 atom stereocenters. The first-order valence-corrected chi connectivity index (χ1v) is 17.4. The summed E-state index contributed by atoms with van der Waals surface area (Å²) in [7, 11) is 0. The third-order valence-corrected chi connectivity index (χ3v) is 7.13. The van der Waals surface area contributed by atoms with Gasteiger partial charge in [-0.15, -0.1) is 0 Å². The quantitative estimate of drug-likeness (QED) is 0.0656. The second kappa shape index (κ2) is 29.6. The molecular weight excluding hydrogens is 670 g/mol.